The van der Waals surface area contributed by atoms with E-state index in [2.05, 4.69) is 20.6 Å². The first-order valence-electron chi connectivity index (χ1n) is 12.7. The number of fused-ring (bicyclic) bond motifs is 1. The quantitative estimate of drug-likeness (QED) is 0.204. The van der Waals surface area contributed by atoms with Gasteiger partial charge in [-0.1, -0.05) is 36.4 Å². The average Bonchev–Trinajstić information content (AvgIpc) is 3.76. The number of ketones is 1. The summed E-state index contributed by atoms with van der Waals surface area (Å²) < 4.78 is 7.33. The van der Waals surface area contributed by atoms with E-state index in [1.807, 2.05) is 65.2 Å². The first kappa shape index (κ1) is 25.2. The molecule has 2 aromatic carbocycles. The van der Waals surface area contributed by atoms with Gasteiger partial charge < -0.3 is 14.3 Å². The van der Waals surface area contributed by atoms with Crippen molar-refractivity contribution in [3.63, 3.8) is 0 Å². The van der Waals surface area contributed by atoms with Gasteiger partial charge in [0.2, 0.25) is 5.95 Å². The number of carbonyl (C=O) groups is 2. The van der Waals surface area contributed by atoms with E-state index < -0.39 is 0 Å². The van der Waals surface area contributed by atoms with Crippen molar-refractivity contribution in [2.45, 2.75) is 13.0 Å². The second-order valence-electron chi connectivity index (χ2n) is 8.99. The highest BCUT2D eigenvalue weighted by Gasteiger charge is 2.18. The summed E-state index contributed by atoms with van der Waals surface area (Å²) in [5.74, 6) is 0.771. The number of benzene rings is 2. The molecule has 1 amide bonds. The second kappa shape index (κ2) is 11.3. The van der Waals surface area contributed by atoms with Gasteiger partial charge in [-0.05, 0) is 42.5 Å². The molecule has 0 saturated heterocycles. The molecule has 40 heavy (non-hydrogen) atoms. The Morgan fingerprint density at radius 3 is 2.65 bits per heavy atom. The Labute approximate surface area is 233 Å². The minimum Gasteiger partial charge on any atom is -0.443 e. The Morgan fingerprint density at radius 2 is 1.85 bits per heavy atom. The van der Waals surface area contributed by atoms with Crippen molar-refractivity contribution in [1.82, 2.24) is 19.5 Å². The molecule has 198 valence electrons. The lowest BCUT2D eigenvalue weighted by atomic mass is 10.1. The van der Waals surface area contributed by atoms with Gasteiger partial charge in [-0.15, -0.1) is 11.3 Å². The van der Waals surface area contributed by atoms with Gasteiger partial charge in [-0.3, -0.25) is 19.9 Å². The number of pyridine rings is 1. The minimum absolute atomic E-state index is 0.00446. The van der Waals surface area contributed by atoms with E-state index in [0.29, 0.717) is 40.6 Å². The van der Waals surface area contributed by atoms with Gasteiger partial charge in [0.25, 0.3) is 5.91 Å². The van der Waals surface area contributed by atoms with Gasteiger partial charge in [-0.25, -0.2) is 9.97 Å². The smallest absolute Gasteiger partial charge is 0.268 e. The van der Waals surface area contributed by atoms with Gasteiger partial charge in [0, 0.05) is 36.1 Å². The molecule has 0 fully saturated rings. The molecule has 0 aliphatic rings. The summed E-state index contributed by atoms with van der Waals surface area (Å²) in [6, 6.07) is 24.3. The number of Topliss-reactive ketones (excluding diaryl/α,β-unsaturated/α-hetero) is 1. The monoisotopic (exact) mass is 548 g/mol. The maximum absolute atomic E-state index is 13.2. The molecule has 2 N–H and O–H groups in total. The molecular weight excluding hydrogens is 524 g/mol. The van der Waals surface area contributed by atoms with Gasteiger partial charge in [0.05, 0.1) is 33.5 Å². The zero-order chi connectivity index (χ0) is 27.3. The van der Waals surface area contributed by atoms with Crippen LogP contribution in [0.25, 0.3) is 21.7 Å². The SMILES string of the molecule is O=C(CNc1ccc2c(c1)nc(NC(=O)c1ccc(-c3cnco3)s1)n2CCc1ccccn1)c1ccccc1. The number of hydrogen-bond donors (Lipinski definition) is 2. The summed E-state index contributed by atoms with van der Waals surface area (Å²) in [5.41, 5.74) is 3.91. The zero-order valence-electron chi connectivity index (χ0n) is 21.3. The van der Waals surface area contributed by atoms with Gasteiger partial charge >= 0.3 is 0 Å². The molecule has 0 saturated carbocycles. The highest BCUT2D eigenvalue weighted by atomic mass is 32.1. The van der Waals surface area contributed by atoms with Crippen LogP contribution in [-0.4, -0.2) is 37.8 Å². The molecule has 10 heteroatoms. The van der Waals surface area contributed by atoms with Gasteiger partial charge in [-0.2, -0.15) is 0 Å². The summed E-state index contributed by atoms with van der Waals surface area (Å²) in [5, 5.41) is 6.18. The maximum Gasteiger partial charge on any atom is 0.268 e. The first-order chi connectivity index (χ1) is 19.6. The van der Waals surface area contributed by atoms with Crippen LogP contribution in [0.2, 0.25) is 0 Å². The predicted octanol–water partition coefficient (Wildman–Crippen LogP) is 5.94. The predicted molar refractivity (Wildman–Crippen MR) is 155 cm³/mol. The third-order valence-corrected chi connectivity index (χ3v) is 7.44. The van der Waals surface area contributed by atoms with Crippen molar-refractivity contribution >= 4 is 45.7 Å². The van der Waals surface area contributed by atoms with E-state index in [1.165, 1.54) is 17.7 Å². The molecule has 4 aromatic heterocycles. The molecule has 6 rings (SSSR count). The Morgan fingerprint density at radius 1 is 0.975 bits per heavy atom. The molecule has 0 atom stereocenters. The molecule has 0 spiro atoms. The van der Waals surface area contributed by atoms with Gasteiger partial charge in [0.1, 0.15) is 0 Å². The number of hydrogen-bond acceptors (Lipinski definition) is 8. The highest BCUT2D eigenvalue weighted by Crippen LogP contribution is 2.29. The van der Waals surface area contributed by atoms with Crippen molar-refractivity contribution < 1.29 is 14.0 Å². The van der Waals surface area contributed by atoms with E-state index in [0.717, 1.165) is 21.8 Å². The number of anilines is 2. The fourth-order valence-corrected chi connectivity index (χ4v) is 5.19. The lowest BCUT2D eigenvalue weighted by Crippen LogP contribution is -2.15. The van der Waals surface area contributed by atoms with Crippen molar-refractivity contribution in [3.05, 3.63) is 114 Å². The molecule has 0 aliphatic carbocycles. The summed E-state index contributed by atoms with van der Waals surface area (Å²) in [6.07, 6.45) is 5.40. The Hall–Kier alpha value is -5.09. The van der Waals surface area contributed by atoms with Crippen LogP contribution in [0.4, 0.5) is 11.6 Å². The molecule has 6 aromatic rings. The zero-order valence-corrected chi connectivity index (χ0v) is 22.1. The fraction of sp³-hybridized carbons (Fsp3) is 0.100. The topological polar surface area (TPSA) is 115 Å². The van der Waals surface area contributed by atoms with E-state index in [9.17, 15) is 9.59 Å². The largest absolute Gasteiger partial charge is 0.443 e. The summed E-state index contributed by atoms with van der Waals surface area (Å²) in [4.78, 5) is 40.2. The lowest BCUT2D eigenvalue weighted by molar-refractivity contribution is 0.100. The number of aryl methyl sites for hydroxylation is 2. The Balaban J connectivity index is 1.25. The molecular formula is C30H24N6O3S. The summed E-state index contributed by atoms with van der Waals surface area (Å²) in [6.45, 7) is 0.724. The summed E-state index contributed by atoms with van der Waals surface area (Å²) >= 11 is 1.32. The van der Waals surface area contributed by atoms with E-state index >= 15 is 0 Å². The molecule has 4 heterocycles. The van der Waals surface area contributed by atoms with Crippen LogP contribution in [0.1, 0.15) is 25.7 Å². The lowest BCUT2D eigenvalue weighted by Gasteiger charge is -2.10. The Bertz CT molecular complexity index is 1760. The van der Waals surface area contributed by atoms with Gasteiger partial charge in [0.15, 0.2) is 17.9 Å². The van der Waals surface area contributed by atoms with Crippen LogP contribution in [-0.2, 0) is 13.0 Å². The van der Waals surface area contributed by atoms with Crippen LogP contribution >= 0.6 is 11.3 Å². The van der Waals surface area contributed by atoms with Crippen LogP contribution < -0.4 is 10.6 Å². The van der Waals surface area contributed by atoms with Crippen LogP contribution in [0.3, 0.4) is 0 Å². The van der Waals surface area contributed by atoms with Crippen molar-refractivity contribution in [2.24, 2.45) is 0 Å². The van der Waals surface area contributed by atoms with Crippen molar-refractivity contribution in [3.8, 4) is 10.6 Å². The number of oxazole rings is 1. The highest BCUT2D eigenvalue weighted by molar-refractivity contribution is 7.17. The maximum atomic E-state index is 13.2. The van der Waals surface area contributed by atoms with Crippen molar-refractivity contribution in [2.75, 3.05) is 17.2 Å². The molecule has 0 radical (unpaired) electrons. The molecule has 0 bridgehead atoms. The second-order valence-corrected chi connectivity index (χ2v) is 10.1. The number of aromatic nitrogens is 4. The minimum atomic E-state index is -0.267. The van der Waals surface area contributed by atoms with Crippen LogP contribution in [0, 0.1) is 0 Å². The standard InChI is InChI=1S/C30H24N6O3S/c37-25(20-6-2-1-3-7-20)17-33-22-9-10-24-23(16-22)34-30(36(24)15-13-21-8-4-5-14-32-21)35-29(38)28-12-11-27(40-28)26-18-31-19-39-26/h1-12,14,16,18-19,33H,13,15,17H2,(H,34,35,38). The van der Waals surface area contributed by atoms with Crippen molar-refractivity contribution in [1.29, 1.82) is 0 Å². The number of amides is 1. The number of imidazole rings is 1. The fourth-order valence-electron chi connectivity index (χ4n) is 4.34. The average molecular weight is 549 g/mol. The third-order valence-electron chi connectivity index (χ3n) is 6.35. The molecule has 0 aliphatic heterocycles. The third kappa shape index (κ3) is 5.52. The molecule has 9 nitrogen and oxygen atoms in total. The number of carbonyl (C=O) groups excluding carboxylic acids is 2. The normalized spacial score (nSPS) is 11.0. The van der Waals surface area contributed by atoms with E-state index in [4.69, 9.17) is 9.40 Å². The van der Waals surface area contributed by atoms with E-state index in [-0.39, 0.29) is 18.2 Å². The number of nitrogens with zero attached hydrogens (tertiary/aromatic N) is 4. The first-order valence-corrected chi connectivity index (χ1v) is 13.5. The molecule has 0 unspecified atom stereocenters. The summed E-state index contributed by atoms with van der Waals surface area (Å²) in [7, 11) is 0. The van der Waals surface area contributed by atoms with E-state index in [1.54, 1.807) is 30.6 Å². The number of thiophene rings is 1. The Kier molecular flexibility index (Phi) is 7.14. The van der Waals surface area contributed by atoms with Crippen LogP contribution in [0.5, 0.6) is 0 Å². The number of nitrogens with one attached hydrogen (secondary N) is 2. The van der Waals surface area contributed by atoms with Crippen LogP contribution in [0.15, 0.2) is 102 Å². The number of rotatable bonds is 10.